The number of carbonyl (C=O) groups excluding carboxylic acids is 2. The van der Waals surface area contributed by atoms with Gasteiger partial charge in [-0.25, -0.2) is 14.8 Å². The topological polar surface area (TPSA) is 129 Å². The predicted molar refractivity (Wildman–Crippen MR) is 126 cm³/mol. The van der Waals surface area contributed by atoms with Gasteiger partial charge in [-0.1, -0.05) is 32.0 Å². The summed E-state index contributed by atoms with van der Waals surface area (Å²) in [6.45, 7) is 7.83. The molecule has 3 heterocycles. The highest BCUT2D eigenvalue weighted by atomic mass is 16.5. The molecule has 0 saturated heterocycles. The van der Waals surface area contributed by atoms with Crippen LogP contribution in [0.25, 0.3) is 11.0 Å². The van der Waals surface area contributed by atoms with Gasteiger partial charge in [-0.05, 0) is 30.7 Å². The number of nitrogens with one attached hydrogen (secondary N) is 3. The highest BCUT2D eigenvalue weighted by molar-refractivity contribution is 6.07. The number of nitrogens with zero attached hydrogens (tertiary/aromatic N) is 4. The molecule has 0 bridgehead atoms. The Morgan fingerprint density at radius 2 is 1.88 bits per heavy atom. The van der Waals surface area contributed by atoms with Gasteiger partial charge in [-0.15, -0.1) is 0 Å². The first kappa shape index (κ1) is 22.0. The largest absolute Gasteiger partial charge is 0.359 e. The zero-order valence-electron chi connectivity index (χ0n) is 19.1. The minimum atomic E-state index is -0.400. The molecule has 170 valence electrons. The standard InChI is InChI=1S/C23H25N7O3/c1-13-6-7-14(21(31)28-18-11-17(33-29-18)23(2,3)4)10-16(13)27-22(32)30(5)20-15-8-9-24-19(15)25-12-26-20/h6-12H,1-5H3,(H,27,32)(H,24,25,26)(H,28,29,31). The van der Waals surface area contributed by atoms with Gasteiger partial charge in [0.1, 0.15) is 23.6 Å². The first-order valence-corrected chi connectivity index (χ1v) is 10.4. The molecular formula is C23H25N7O3. The van der Waals surface area contributed by atoms with Crippen molar-refractivity contribution >= 4 is 40.3 Å². The van der Waals surface area contributed by atoms with Crippen LogP contribution in [0.3, 0.4) is 0 Å². The lowest BCUT2D eigenvalue weighted by Crippen LogP contribution is -2.32. The van der Waals surface area contributed by atoms with E-state index >= 15 is 0 Å². The van der Waals surface area contributed by atoms with Crippen LogP contribution in [0.15, 0.2) is 47.4 Å². The minimum Gasteiger partial charge on any atom is -0.359 e. The van der Waals surface area contributed by atoms with Crippen molar-refractivity contribution in [2.24, 2.45) is 0 Å². The zero-order chi connectivity index (χ0) is 23.8. The monoisotopic (exact) mass is 447 g/mol. The molecule has 0 atom stereocenters. The Hall–Kier alpha value is -4.21. The molecule has 0 fully saturated rings. The third-order valence-corrected chi connectivity index (χ3v) is 5.19. The number of urea groups is 1. The van der Waals surface area contributed by atoms with Crippen molar-refractivity contribution in [3.05, 3.63) is 59.7 Å². The summed E-state index contributed by atoms with van der Waals surface area (Å²) in [5.74, 6) is 1.09. The maximum atomic E-state index is 12.9. The quantitative estimate of drug-likeness (QED) is 0.423. The van der Waals surface area contributed by atoms with Crippen LogP contribution in [0.1, 0.15) is 42.5 Å². The number of aromatic nitrogens is 4. The number of hydrogen-bond donors (Lipinski definition) is 3. The van der Waals surface area contributed by atoms with E-state index in [1.54, 1.807) is 43.6 Å². The molecule has 3 N–H and O–H groups in total. The highest BCUT2D eigenvalue weighted by Crippen LogP contribution is 2.26. The van der Waals surface area contributed by atoms with Gasteiger partial charge >= 0.3 is 6.03 Å². The number of amides is 3. The van der Waals surface area contributed by atoms with Crippen molar-refractivity contribution in [3.8, 4) is 0 Å². The normalized spacial score (nSPS) is 11.4. The van der Waals surface area contributed by atoms with Gasteiger partial charge < -0.3 is 20.1 Å². The summed E-state index contributed by atoms with van der Waals surface area (Å²) in [5, 5.41) is 10.2. The van der Waals surface area contributed by atoms with Crippen LogP contribution in [0, 0.1) is 6.92 Å². The van der Waals surface area contributed by atoms with Gasteiger partial charge in [-0.3, -0.25) is 9.69 Å². The number of carbonyl (C=O) groups is 2. The molecule has 3 amide bonds. The Morgan fingerprint density at radius 1 is 1.09 bits per heavy atom. The van der Waals surface area contributed by atoms with E-state index in [1.807, 2.05) is 27.7 Å². The third kappa shape index (κ3) is 4.54. The maximum absolute atomic E-state index is 12.9. The summed E-state index contributed by atoms with van der Waals surface area (Å²) >= 11 is 0. The van der Waals surface area contributed by atoms with E-state index in [1.165, 1.54) is 11.2 Å². The van der Waals surface area contributed by atoms with Crippen molar-refractivity contribution in [1.82, 2.24) is 20.1 Å². The average Bonchev–Trinajstić information content (AvgIpc) is 3.43. The van der Waals surface area contributed by atoms with Crippen LogP contribution in [0.5, 0.6) is 0 Å². The summed E-state index contributed by atoms with van der Waals surface area (Å²) in [6, 6.07) is 8.17. The molecule has 10 heteroatoms. The fourth-order valence-corrected chi connectivity index (χ4v) is 3.20. The molecule has 0 spiro atoms. The van der Waals surface area contributed by atoms with E-state index in [0.29, 0.717) is 34.3 Å². The Balaban J connectivity index is 1.51. The second-order valence-electron chi connectivity index (χ2n) is 8.74. The Kier molecular flexibility index (Phi) is 5.59. The van der Waals surface area contributed by atoms with Crippen molar-refractivity contribution < 1.29 is 14.1 Å². The summed E-state index contributed by atoms with van der Waals surface area (Å²) in [6.07, 6.45) is 3.13. The molecule has 0 aliphatic rings. The number of rotatable bonds is 4. The highest BCUT2D eigenvalue weighted by Gasteiger charge is 2.21. The van der Waals surface area contributed by atoms with Gasteiger partial charge in [0, 0.05) is 36.0 Å². The van der Waals surface area contributed by atoms with E-state index in [9.17, 15) is 9.59 Å². The Bertz CT molecular complexity index is 1330. The van der Waals surface area contributed by atoms with E-state index in [0.717, 1.165) is 10.9 Å². The molecule has 3 aromatic heterocycles. The fraction of sp³-hybridized carbons (Fsp3) is 0.261. The molecule has 0 radical (unpaired) electrons. The fourth-order valence-electron chi connectivity index (χ4n) is 3.20. The van der Waals surface area contributed by atoms with E-state index in [-0.39, 0.29) is 11.3 Å². The van der Waals surface area contributed by atoms with E-state index < -0.39 is 6.03 Å². The van der Waals surface area contributed by atoms with E-state index in [4.69, 9.17) is 4.52 Å². The molecule has 10 nitrogen and oxygen atoms in total. The summed E-state index contributed by atoms with van der Waals surface area (Å²) in [7, 11) is 1.62. The zero-order valence-corrected chi connectivity index (χ0v) is 19.1. The second-order valence-corrected chi connectivity index (χ2v) is 8.74. The Morgan fingerprint density at radius 3 is 2.61 bits per heavy atom. The smallest absolute Gasteiger partial charge is 0.327 e. The molecule has 4 aromatic rings. The van der Waals surface area contributed by atoms with Gasteiger partial charge in [0.15, 0.2) is 5.82 Å². The molecule has 0 saturated carbocycles. The lowest BCUT2D eigenvalue weighted by atomic mass is 9.93. The van der Waals surface area contributed by atoms with Crippen molar-refractivity contribution in [2.75, 3.05) is 22.6 Å². The molecule has 4 rings (SSSR count). The van der Waals surface area contributed by atoms with Crippen LogP contribution in [-0.2, 0) is 5.41 Å². The first-order chi connectivity index (χ1) is 15.6. The number of hydrogen-bond acceptors (Lipinski definition) is 6. The summed E-state index contributed by atoms with van der Waals surface area (Å²) in [5.41, 5.74) is 2.10. The summed E-state index contributed by atoms with van der Waals surface area (Å²) in [4.78, 5) is 38.4. The van der Waals surface area contributed by atoms with E-state index in [2.05, 4.69) is 30.7 Å². The molecule has 0 aliphatic carbocycles. The number of aromatic amines is 1. The molecule has 33 heavy (non-hydrogen) atoms. The van der Waals surface area contributed by atoms with Crippen LogP contribution < -0.4 is 15.5 Å². The Labute approximate surface area is 190 Å². The van der Waals surface area contributed by atoms with Gasteiger partial charge in [-0.2, -0.15) is 0 Å². The van der Waals surface area contributed by atoms with Crippen molar-refractivity contribution in [3.63, 3.8) is 0 Å². The van der Waals surface area contributed by atoms with Gasteiger partial charge in [0.25, 0.3) is 5.91 Å². The average molecular weight is 447 g/mol. The lowest BCUT2D eigenvalue weighted by Gasteiger charge is -2.19. The number of anilines is 3. The SMILES string of the molecule is Cc1ccc(C(=O)Nc2cc(C(C)(C)C)on2)cc1NC(=O)N(C)c1ncnc2[nH]ccc12. The van der Waals surface area contributed by atoms with Gasteiger partial charge in [0.2, 0.25) is 0 Å². The van der Waals surface area contributed by atoms with Crippen LogP contribution in [0.4, 0.5) is 22.1 Å². The number of fused-ring (bicyclic) bond motifs is 1. The van der Waals surface area contributed by atoms with Crippen LogP contribution in [-0.4, -0.2) is 39.1 Å². The molecule has 1 aromatic carbocycles. The molecule has 0 aliphatic heterocycles. The minimum absolute atomic E-state index is 0.223. The maximum Gasteiger partial charge on any atom is 0.327 e. The third-order valence-electron chi connectivity index (χ3n) is 5.19. The number of H-pyrrole nitrogens is 1. The lowest BCUT2D eigenvalue weighted by molar-refractivity contribution is 0.102. The second kappa shape index (κ2) is 8.38. The van der Waals surface area contributed by atoms with Gasteiger partial charge in [0.05, 0.1) is 5.39 Å². The van der Waals surface area contributed by atoms with Crippen molar-refractivity contribution in [1.29, 1.82) is 0 Å². The van der Waals surface area contributed by atoms with Crippen LogP contribution >= 0.6 is 0 Å². The molecule has 0 unspecified atom stereocenters. The molecular weight excluding hydrogens is 422 g/mol. The number of aryl methyl sites for hydroxylation is 1. The summed E-state index contributed by atoms with van der Waals surface area (Å²) < 4.78 is 5.31. The van der Waals surface area contributed by atoms with Crippen molar-refractivity contribution in [2.45, 2.75) is 33.1 Å². The van der Waals surface area contributed by atoms with Crippen LogP contribution in [0.2, 0.25) is 0 Å². The predicted octanol–water partition coefficient (Wildman–Crippen LogP) is 4.47. The number of benzene rings is 1. The first-order valence-electron chi connectivity index (χ1n) is 10.4.